The van der Waals surface area contributed by atoms with Gasteiger partial charge < -0.3 is 0 Å². The summed E-state index contributed by atoms with van der Waals surface area (Å²) in [4.78, 5) is 10.6. The van der Waals surface area contributed by atoms with E-state index >= 15 is 0 Å². The molecule has 12 heavy (non-hydrogen) atoms. The number of aldehydes is 1. The molecule has 1 aromatic carbocycles. The van der Waals surface area contributed by atoms with E-state index in [9.17, 15) is 4.79 Å². The first-order valence-electron chi connectivity index (χ1n) is 3.89. The summed E-state index contributed by atoms with van der Waals surface area (Å²) in [5, 5.41) is 0. The molecule has 0 aliphatic heterocycles. The Bertz CT molecular complexity index is 292. The molecule has 0 heterocycles. The van der Waals surface area contributed by atoms with E-state index in [0.29, 0.717) is 5.92 Å². The van der Waals surface area contributed by atoms with Crippen LogP contribution >= 0.6 is 22.6 Å². The molecular formula is C10H11IO. The average molecular weight is 274 g/mol. The van der Waals surface area contributed by atoms with E-state index in [1.807, 2.05) is 12.1 Å². The summed E-state index contributed by atoms with van der Waals surface area (Å²) in [5.74, 6) is 0.487. The van der Waals surface area contributed by atoms with Gasteiger partial charge >= 0.3 is 0 Å². The zero-order chi connectivity index (χ0) is 9.14. The van der Waals surface area contributed by atoms with Gasteiger partial charge in [0.2, 0.25) is 0 Å². The second-order valence-corrected chi connectivity index (χ2v) is 4.22. The third kappa shape index (κ3) is 2.06. The van der Waals surface area contributed by atoms with Crippen molar-refractivity contribution in [2.45, 2.75) is 19.8 Å². The maximum Gasteiger partial charge on any atom is 0.151 e. The zero-order valence-corrected chi connectivity index (χ0v) is 9.33. The predicted octanol–water partition coefficient (Wildman–Crippen LogP) is 3.23. The first-order chi connectivity index (χ1) is 5.65. The highest BCUT2D eigenvalue weighted by Crippen LogP contribution is 2.18. The van der Waals surface area contributed by atoms with E-state index in [4.69, 9.17) is 0 Å². The molecule has 0 spiro atoms. The Hall–Kier alpha value is -0.380. The van der Waals surface area contributed by atoms with Gasteiger partial charge in [-0.3, -0.25) is 4.79 Å². The van der Waals surface area contributed by atoms with Crippen LogP contribution in [0.4, 0.5) is 0 Å². The summed E-state index contributed by atoms with van der Waals surface area (Å²) in [5.41, 5.74) is 2.01. The van der Waals surface area contributed by atoms with Gasteiger partial charge in [0.05, 0.1) is 0 Å². The number of rotatable bonds is 2. The topological polar surface area (TPSA) is 17.1 Å². The summed E-state index contributed by atoms with van der Waals surface area (Å²) >= 11 is 2.17. The lowest BCUT2D eigenvalue weighted by molar-refractivity contribution is 0.112. The molecule has 0 saturated carbocycles. The number of hydrogen-bond acceptors (Lipinski definition) is 1. The highest BCUT2D eigenvalue weighted by atomic mass is 127. The van der Waals surface area contributed by atoms with E-state index in [-0.39, 0.29) is 0 Å². The largest absolute Gasteiger partial charge is 0.298 e. The smallest absolute Gasteiger partial charge is 0.151 e. The molecule has 0 N–H and O–H groups in total. The second kappa shape index (κ2) is 4.03. The molecule has 0 amide bonds. The van der Waals surface area contributed by atoms with E-state index in [2.05, 4.69) is 42.5 Å². The fourth-order valence-electron chi connectivity index (χ4n) is 1.01. The van der Waals surface area contributed by atoms with Crippen LogP contribution in [0.5, 0.6) is 0 Å². The van der Waals surface area contributed by atoms with E-state index in [1.54, 1.807) is 0 Å². The first kappa shape index (κ1) is 9.71. The van der Waals surface area contributed by atoms with Crippen LogP contribution in [0.3, 0.4) is 0 Å². The van der Waals surface area contributed by atoms with Gasteiger partial charge in [0, 0.05) is 9.13 Å². The third-order valence-corrected chi connectivity index (χ3v) is 2.80. The highest BCUT2D eigenvalue weighted by Gasteiger charge is 2.02. The van der Waals surface area contributed by atoms with Gasteiger partial charge in [0.1, 0.15) is 0 Å². The lowest BCUT2D eigenvalue weighted by Crippen LogP contribution is -1.92. The van der Waals surface area contributed by atoms with Gasteiger partial charge in [-0.25, -0.2) is 0 Å². The zero-order valence-electron chi connectivity index (χ0n) is 7.17. The standard InChI is InChI=1S/C10H11IO/c1-7(2)8-3-4-10(11)9(5-8)6-12/h3-7H,1-2H3. The molecule has 0 unspecified atom stereocenters. The van der Waals surface area contributed by atoms with Crippen LogP contribution in [0.2, 0.25) is 0 Å². The quantitative estimate of drug-likeness (QED) is 0.597. The van der Waals surface area contributed by atoms with Crippen LogP contribution in [0, 0.1) is 3.57 Å². The Kier molecular flexibility index (Phi) is 3.26. The fourth-order valence-corrected chi connectivity index (χ4v) is 1.47. The van der Waals surface area contributed by atoms with Gasteiger partial charge in [-0.1, -0.05) is 19.9 Å². The third-order valence-electron chi connectivity index (χ3n) is 1.81. The fraction of sp³-hybridized carbons (Fsp3) is 0.300. The van der Waals surface area contributed by atoms with Gasteiger partial charge in [0.25, 0.3) is 0 Å². The Morgan fingerprint density at radius 3 is 2.58 bits per heavy atom. The number of benzene rings is 1. The highest BCUT2D eigenvalue weighted by molar-refractivity contribution is 14.1. The van der Waals surface area contributed by atoms with Gasteiger partial charge in [-0.05, 0) is 46.2 Å². The molecule has 1 aromatic rings. The predicted molar refractivity (Wildman–Crippen MR) is 58.6 cm³/mol. The second-order valence-electron chi connectivity index (χ2n) is 3.05. The molecule has 0 aliphatic carbocycles. The van der Waals surface area contributed by atoms with Crippen molar-refractivity contribution >= 4 is 28.9 Å². The van der Waals surface area contributed by atoms with Crippen LogP contribution in [0.15, 0.2) is 18.2 Å². The van der Waals surface area contributed by atoms with Crippen molar-refractivity contribution in [3.63, 3.8) is 0 Å². The van der Waals surface area contributed by atoms with Crippen LogP contribution in [-0.4, -0.2) is 6.29 Å². The van der Waals surface area contributed by atoms with Crippen molar-refractivity contribution in [3.8, 4) is 0 Å². The van der Waals surface area contributed by atoms with Crippen molar-refractivity contribution in [2.24, 2.45) is 0 Å². The molecule has 0 bridgehead atoms. The molecule has 64 valence electrons. The number of hydrogen-bond donors (Lipinski definition) is 0. The molecule has 0 saturated heterocycles. The molecular weight excluding hydrogens is 263 g/mol. The van der Waals surface area contributed by atoms with E-state index in [0.717, 1.165) is 15.4 Å². The maximum atomic E-state index is 10.6. The maximum absolute atomic E-state index is 10.6. The molecule has 0 fully saturated rings. The lowest BCUT2D eigenvalue weighted by atomic mass is 10.0. The minimum Gasteiger partial charge on any atom is -0.298 e. The molecule has 0 radical (unpaired) electrons. The minimum absolute atomic E-state index is 0.487. The molecule has 1 nitrogen and oxygen atoms in total. The average Bonchev–Trinajstić information content (AvgIpc) is 2.05. The Morgan fingerprint density at radius 2 is 2.08 bits per heavy atom. The number of carbonyl (C=O) groups is 1. The Morgan fingerprint density at radius 1 is 1.42 bits per heavy atom. The molecule has 0 aromatic heterocycles. The summed E-state index contributed by atoms with van der Waals surface area (Å²) in [6, 6.07) is 6.01. The molecule has 2 heteroatoms. The Labute approximate surface area is 86.3 Å². The molecule has 0 atom stereocenters. The van der Waals surface area contributed by atoms with Crippen molar-refractivity contribution in [1.82, 2.24) is 0 Å². The van der Waals surface area contributed by atoms with Crippen molar-refractivity contribution in [2.75, 3.05) is 0 Å². The van der Waals surface area contributed by atoms with Crippen LogP contribution in [-0.2, 0) is 0 Å². The summed E-state index contributed by atoms with van der Waals surface area (Å²) in [6.45, 7) is 4.24. The number of carbonyl (C=O) groups excluding carboxylic acids is 1. The molecule has 1 rings (SSSR count). The summed E-state index contributed by atoms with van der Waals surface area (Å²) in [6.07, 6.45) is 0.910. The van der Waals surface area contributed by atoms with E-state index < -0.39 is 0 Å². The lowest BCUT2D eigenvalue weighted by Gasteiger charge is -2.06. The van der Waals surface area contributed by atoms with Crippen LogP contribution < -0.4 is 0 Å². The Balaban J connectivity index is 3.13. The SMILES string of the molecule is CC(C)c1ccc(I)c(C=O)c1. The molecule has 0 aliphatic rings. The number of halogens is 1. The normalized spacial score (nSPS) is 10.3. The van der Waals surface area contributed by atoms with Crippen molar-refractivity contribution in [3.05, 3.63) is 32.9 Å². The van der Waals surface area contributed by atoms with Crippen molar-refractivity contribution in [1.29, 1.82) is 0 Å². The monoisotopic (exact) mass is 274 g/mol. The summed E-state index contributed by atoms with van der Waals surface area (Å²) in [7, 11) is 0. The van der Waals surface area contributed by atoms with Gasteiger partial charge in [-0.15, -0.1) is 0 Å². The minimum atomic E-state index is 0.487. The summed E-state index contributed by atoms with van der Waals surface area (Å²) < 4.78 is 1.02. The van der Waals surface area contributed by atoms with Crippen LogP contribution in [0.25, 0.3) is 0 Å². The van der Waals surface area contributed by atoms with Crippen molar-refractivity contribution < 1.29 is 4.79 Å². The van der Waals surface area contributed by atoms with Gasteiger partial charge in [0.15, 0.2) is 6.29 Å². The van der Waals surface area contributed by atoms with E-state index in [1.165, 1.54) is 5.56 Å². The van der Waals surface area contributed by atoms with Crippen LogP contribution in [0.1, 0.15) is 35.7 Å². The first-order valence-corrected chi connectivity index (χ1v) is 4.97. The van der Waals surface area contributed by atoms with Gasteiger partial charge in [-0.2, -0.15) is 0 Å².